The van der Waals surface area contributed by atoms with Gasteiger partial charge in [-0.25, -0.2) is 27.8 Å². The molecule has 0 amide bonds. The molecule has 6 aromatic heterocycles. The second kappa shape index (κ2) is 64.6. The number of benzene rings is 3. The molecule has 0 bridgehead atoms. The van der Waals surface area contributed by atoms with Crippen LogP contribution in [0.5, 0.6) is 0 Å². The van der Waals surface area contributed by atoms with Crippen molar-refractivity contribution < 1.29 is 42.1 Å². The normalized spacial score (nSPS) is 11.5. The van der Waals surface area contributed by atoms with Crippen LogP contribution in [0.3, 0.4) is 0 Å². The van der Waals surface area contributed by atoms with Gasteiger partial charge < -0.3 is 19.8 Å². The Labute approximate surface area is 739 Å². The van der Waals surface area contributed by atoms with Gasteiger partial charge in [-0.15, -0.1) is 0 Å². The fraction of sp³-hybridized carbons (Fsp3) is 0.370. The minimum Gasteiger partial charge on any atom is -0.481 e. The molecule has 2 aliphatic rings. The van der Waals surface area contributed by atoms with Crippen LogP contribution in [0.4, 0.5) is 17.1 Å². The standard InChI is InChI=1S/C34H42N4S2.2C16H22N2S2.C9H11NO.C6H6N.C5H10.C4H8Br2S2.C2H4O2/c1-35(2)31-17-11-29(12-18-31)15-21-33-9-5-7-23-37(33)25-27-39-40-28-26-38-24-8-6-10-34(38)22-16-30-13-19-32(20-14-30)36(3)4;2*1-15-7-3-5-9-17(15)11-13-19-20-14-12-18-10-6-4-8-16(18)2;1-10(2)9-5-3-8(7-11)4-6-9;1-6-4-2-3-5-7-6;1-2-4-5-3-1;5-1-3-7-8-4-2-6;1-2(3)4/h5-15,17-21,23-24H,16,22,25-28H2,1-4H3;2*3-10H,11-14H2,1-2H3;3-7H,1-2H3;2-5H,1H2;1-5H2;1-4H2;1H3,(H,3,4)/q3*+2;;+1;;;. The van der Waals surface area contributed by atoms with Crippen LogP contribution in [-0.4, -0.2) is 123 Å². The molecule has 0 atom stereocenters. The number of alkyl halides is 2. The number of carbonyl (C=O) groups is 2. The van der Waals surface area contributed by atoms with E-state index in [9.17, 15) is 4.79 Å². The first-order valence-electron chi connectivity index (χ1n) is 39.0. The van der Waals surface area contributed by atoms with Crippen LogP contribution in [0.2, 0.25) is 0 Å². The molecular formula is C92H125Br2N10O3S8+7. The molecule has 13 nitrogen and oxygen atoms in total. The highest BCUT2D eigenvalue weighted by Crippen LogP contribution is 2.24. The SMILES string of the molecule is BrCCSSCCBr.C1CCCC1.C=C1[CH+]C=CC=N1.CC(=O)O.CN(C)c1ccc(/C=C/c2cccc[n+]2CCSSCC[n+]2ccccc2CCc2ccc(N(C)C)cc2)cc1.CN(C)c1ccc(C=O)cc1.Cc1cccc[n+]1CCSSCC[n+]1ccccc1C.Cc1cccc[n+]1CCSSCC[n+]1ccccc1C. The number of dihydropyridines is 1. The number of aryl methyl sites for hydroxylation is 12. The first kappa shape index (κ1) is 101. The van der Waals surface area contributed by atoms with Gasteiger partial charge >= 0.3 is 0 Å². The van der Waals surface area contributed by atoms with E-state index in [1.165, 1.54) is 100 Å². The predicted octanol–water partition coefficient (Wildman–Crippen LogP) is 20.5. The molecule has 1 fully saturated rings. The number of rotatable bonds is 35. The average molecular weight is 1840 g/mol. The summed E-state index contributed by atoms with van der Waals surface area (Å²) in [7, 11) is 27.9. The van der Waals surface area contributed by atoms with Crippen LogP contribution < -0.4 is 42.1 Å². The topological polar surface area (TPSA) is 99.7 Å². The molecule has 1 saturated carbocycles. The van der Waals surface area contributed by atoms with Crippen LogP contribution in [0.25, 0.3) is 12.2 Å². The molecule has 7 heterocycles. The number of hydrogen-bond donors (Lipinski definition) is 1. The first-order valence-corrected chi connectivity index (χ1v) is 51.2. The quantitative estimate of drug-likeness (QED) is 0.0102. The lowest BCUT2D eigenvalue weighted by molar-refractivity contribution is -0.699. The number of carboxylic acid groups (broad SMARTS) is 1. The molecule has 1 aliphatic carbocycles. The molecule has 0 spiro atoms. The third-order valence-electron chi connectivity index (χ3n) is 17.3. The van der Waals surface area contributed by atoms with E-state index in [-0.39, 0.29) is 0 Å². The maximum atomic E-state index is 10.3. The van der Waals surface area contributed by atoms with Crippen molar-refractivity contribution in [2.24, 2.45) is 4.99 Å². The van der Waals surface area contributed by atoms with Crippen LogP contribution in [0.1, 0.15) is 94.7 Å². The molecule has 0 unspecified atom stereocenters. The smallest absolute Gasteiger partial charge is 0.300 e. The largest absolute Gasteiger partial charge is 0.481 e. The number of carbonyl (C=O) groups excluding carboxylic acids is 1. The fourth-order valence-corrected chi connectivity index (χ4v) is 20.5. The number of allylic oxidation sites excluding steroid dienone is 2. The Morgan fingerprint density at radius 1 is 0.435 bits per heavy atom. The summed E-state index contributed by atoms with van der Waals surface area (Å²) < 4.78 is 14.0. The number of anilines is 3. The van der Waals surface area contributed by atoms with Gasteiger partial charge in [-0.05, 0) is 78.2 Å². The Morgan fingerprint density at radius 2 is 0.757 bits per heavy atom. The van der Waals surface area contributed by atoms with E-state index in [0.29, 0.717) is 0 Å². The number of nitrogens with zero attached hydrogens (tertiary/aromatic N) is 10. The molecule has 9 aromatic rings. The maximum absolute atomic E-state index is 10.3. The lowest BCUT2D eigenvalue weighted by Gasteiger charge is -2.12. The Hall–Kier alpha value is -6.38. The van der Waals surface area contributed by atoms with Crippen molar-refractivity contribution in [2.45, 2.75) is 119 Å². The number of aliphatic carboxylic acids is 1. The number of aldehydes is 1. The van der Waals surface area contributed by atoms with Crippen molar-refractivity contribution in [3.63, 3.8) is 0 Å². The van der Waals surface area contributed by atoms with E-state index in [1.807, 2.05) is 148 Å². The predicted molar refractivity (Wildman–Crippen MR) is 518 cm³/mol. The van der Waals surface area contributed by atoms with Gasteiger partial charge in [0.05, 0.1) is 53.2 Å². The summed E-state index contributed by atoms with van der Waals surface area (Å²) >= 11 is 6.71. The summed E-state index contributed by atoms with van der Waals surface area (Å²) in [6, 6.07) is 63.4. The highest BCUT2D eigenvalue weighted by Gasteiger charge is 2.14. The lowest BCUT2D eigenvalue weighted by atomic mass is 10.1. The molecule has 11 rings (SSSR count). The minimum atomic E-state index is -0.833. The summed E-state index contributed by atoms with van der Waals surface area (Å²) in [6.07, 6.45) is 35.3. The number of hydrogen-bond acceptors (Lipinski definition) is 14. The first-order chi connectivity index (χ1) is 55.8. The molecule has 115 heavy (non-hydrogen) atoms. The van der Waals surface area contributed by atoms with Crippen molar-refractivity contribution in [2.75, 3.05) is 114 Å². The van der Waals surface area contributed by atoms with Crippen LogP contribution in [0, 0.1) is 34.1 Å². The summed E-state index contributed by atoms with van der Waals surface area (Å²) in [5.41, 5.74) is 15.7. The maximum Gasteiger partial charge on any atom is 0.300 e. The molecule has 0 radical (unpaired) electrons. The van der Waals surface area contributed by atoms with E-state index < -0.39 is 5.97 Å². The van der Waals surface area contributed by atoms with E-state index in [2.05, 4.69) is 344 Å². The lowest BCUT2D eigenvalue weighted by Crippen LogP contribution is -2.39. The van der Waals surface area contributed by atoms with Crippen molar-refractivity contribution in [3.05, 3.63) is 301 Å². The Bertz CT molecular complexity index is 3980. The molecule has 23 heteroatoms. The van der Waals surface area contributed by atoms with Crippen molar-refractivity contribution in [1.29, 1.82) is 0 Å². The Balaban J connectivity index is 0.000000312. The third kappa shape index (κ3) is 47.7. The molecule has 3 aromatic carbocycles. The summed E-state index contributed by atoms with van der Waals surface area (Å²) in [5, 5.41) is 9.62. The zero-order valence-electron chi connectivity index (χ0n) is 69.6. The van der Waals surface area contributed by atoms with Gasteiger partial charge in [-0.3, -0.25) is 9.59 Å². The summed E-state index contributed by atoms with van der Waals surface area (Å²) in [4.78, 5) is 29.4. The zero-order valence-corrected chi connectivity index (χ0v) is 79.3. The van der Waals surface area contributed by atoms with Crippen molar-refractivity contribution in [3.8, 4) is 0 Å². The van der Waals surface area contributed by atoms with E-state index in [0.717, 1.165) is 127 Å². The fourth-order valence-electron chi connectivity index (χ4n) is 10.8. The van der Waals surface area contributed by atoms with Gasteiger partial charge in [0.25, 0.3) is 5.97 Å². The second-order valence-electron chi connectivity index (χ2n) is 26.9. The van der Waals surface area contributed by atoms with Gasteiger partial charge in [-0.2, -0.15) is 4.57 Å². The molecule has 1 N–H and O–H groups in total. The zero-order chi connectivity index (χ0) is 83.3. The molecule has 616 valence electrons. The number of carboxylic acids is 1. The molecule has 0 saturated heterocycles. The summed E-state index contributed by atoms with van der Waals surface area (Å²) in [6.45, 7) is 19.7. The number of pyridine rings is 6. The minimum absolute atomic E-state index is 0.718. The van der Waals surface area contributed by atoms with Gasteiger partial charge in [0.15, 0.2) is 111 Å². The van der Waals surface area contributed by atoms with E-state index in [4.69, 9.17) is 9.90 Å². The van der Waals surface area contributed by atoms with Crippen LogP contribution in [0.15, 0.2) is 249 Å². The van der Waals surface area contributed by atoms with Crippen LogP contribution >= 0.6 is 118 Å². The number of aromatic nitrogens is 6. The average Bonchev–Trinajstić information content (AvgIpc) is 1.13. The van der Waals surface area contributed by atoms with Crippen molar-refractivity contribution >= 4 is 166 Å². The Morgan fingerprint density at radius 3 is 1.09 bits per heavy atom. The van der Waals surface area contributed by atoms with E-state index >= 15 is 0 Å². The Kier molecular flexibility index (Phi) is 56.7. The van der Waals surface area contributed by atoms with Crippen LogP contribution in [-0.2, 0) is 56.9 Å². The second-order valence-corrected chi connectivity index (χ2v) is 39.3. The van der Waals surface area contributed by atoms with Gasteiger partial charge in [0.2, 0.25) is 5.69 Å². The van der Waals surface area contributed by atoms with Crippen molar-refractivity contribution in [1.82, 2.24) is 0 Å². The molecular weight excluding hydrogens is 1710 g/mol. The monoisotopic (exact) mass is 1830 g/mol. The van der Waals surface area contributed by atoms with E-state index in [1.54, 1.807) is 6.21 Å². The van der Waals surface area contributed by atoms with Gasteiger partial charge in [0.1, 0.15) is 6.29 Å². The number of aliphatic imine (C=N–C) groups is 1. The highest BCUT2D eigenvalue weighted by atomic mass is 79.9. The van der Waals surface area contributed by atoms with Gasteiger partial charge in [-0.1, -0.05) is 205 Å². The third-order valence-corrected chi connectivity index (χ3v) is 28.7. The molecule has 1 aliphatic heterocycles. The highest BCUT2D eigenvalue weighted by molar-refractivity contribution is 9.09. The summed E-state index contributed by atoms with van der Waals surface area (Å²) in [5.74, 6) is 8.36. The van der Waals surface area contributed by atoms with Gasteiger partial charge in [0, 0.05) is 220 Å². The number of halogens is 2.